The molecule has 0 bridgehead atoms. The Labute approximate surface area is 164 Å². The second-order valence-corrected chi connectivity index (χ2v) is 7.99. The van der Waals surface area contributed by atoms with E-state index in [1.807, 2.05) is 4.90 Å². The zero-order chi connectivity index (χ0) is 20.4. The lowest BCUT2D eigenvalue weighted by Gasteiger charge is -2.35. The number of piperazine rings is 1. The third-order valence-electron chi connectivity index (χ3n) is 5.36. The third-order valence-corrected chi connectivity index (χ3v) is 5.36. The lowest BCUT2D eigenvalue weighted by Crippen LogP contribution is -2.49. The minimum Gasteiger partial charge on any atom is -0.340 e. The van der Waals surface area contributed by atoms with Gasteiger partial charge in [0.2, 0.25) is 5.91 Å². The summed E-state index contributed by atoms with van der Waals surface area (Å²) in [5, 5.41) is 0. The van der Waals surface area contributed by atoms with Crippen molar-refractivity contribution in [1.29, 1.82) is 0 Å². The van der Waals surface area contributed by atoms with Gasteiger partial charge in [-0.25, -0.2) is 9.78 Å². The van der Waals surface area contributed by atoms with Crippen molar-refractivity contribution in [3.8, 4) is 0 Å². The normalized spacial score (nSPS) is 15.7. The third kappa shape index (κ3) is 4.04. The molecule has 1 saturated heterocycles. The molecule has 0 spiro atoms. The fourth-order valence-corrected chi connectivity index (χ4v) is 3.82. The van der Waals surface area contributed by atoms with Crippen molar-refractivity contribution in [1.82, 2.24) is 28.5 Å². The molecule has 28 heavy (non-hydrogen) atoms. The Morgan fingerprint density at radius 3 is 2.43 bits per heavy atom. The first-order chi connectivity index (χ1) is 13.3. The van der Waals surface area contributed by atoms with E-state index in [4.69, 9.17) is 0 Å². The summed E-state index contributed by atoms with van der Waals surface area (Å²) in [6.07, 6.45) is 2.64. The van der Waals surface area contributed by atoms with Crippen LogP contribution in [0.2, 0.25) is 0 Å². The molecular weight excluding hydrogens is 360 g/mol. The highest BCUT2D eigenvalue weighted by Gasteiger charge is 2.21. The van der Waals surface area contributed by atoms with Crippen LogP contribution in [0.5, 0.6) is 0 Å². The van der Waals surface area contributed by atoms with Crippen molar-refractivity contribution >= 4 is 17.1 Å². The Balaban J connectivity index is 1.58. The predicted molar refractivity (Wildman–Crippen MR) is 107 cm³/mol. The number of hydrogen-bond donors (Lipinski definition) is 0. The van der Waals surface area contributed by atoms with E-state index >= 15 is 0 Å². The molecular formula is C19H30N6O3. The van der Waals surface area contributed by atoms with Crippen molar-refractivity contribution < 1.29 is 4.79 Å². The topological polar surface area (TPSA) is 85.4 Å². The van der Waals surface area contributed by atoms with Gasteiger partial charge in [-0.2, -0.15) is 0 Å². The second-order valence-electron chi connectivity index (χ2n) is 7.99. The minimum atomic E-state index is -0.394. The van der Waals surface area contributed by atoms with Crippen molar-refractivity contribution in [2.45, 2.75) is 33.2 Å². The van der Waals surface area contributed by atoms with Crippen LogP contribution < -0.4 is 11.2 Å². The molecule has 1 aliphatic rings. The molecule has 2 aromatic rings. The Morgan fingerprint density at radius 2 is 1.79 bits per heavy atom. The summed E-state index contributed by atoms with van der Waals surface area (Å²) < 4.78 is 4.20. The maximum Gasteiger partial charge on any atom is 0.332 e. The van der Waals surface area contributed by atoms with Crippen molar-refractivity contribution in [2.24, 2.45) is 20.0 Å². The number of amides is 1. The van der Waals surface area contributed by atoms with Crippen molar-refractivity contribution in [3.63, 3.8) is 0 Å². The van der Waals surface area contributed by atoms with E-state index < -0.39 is 5.69 Å². The highest BCUT2D eigenvalue weighted by molar-refractivity contribution is 5.76. The van der Waals surface area contributed by atoms with Gasteiger partial charge in [-0.3, -0.25) is 23.6 Å². The molecule has 0 aliphatic carbocycles. The SMILES string of the molecule is CC(C)CN1CCN(C(=O)CCCn2cnc3c2c(=O)n(C)c(=O)n3C)CC1. The molecule has 0 atom stereocenters. The van der Waals surface area contributed by atoms with Crippen LogP contribution in [0.15, 0.2) is 15.9 Å². The van der Waals surface area contributed by atoms with Crippen LogP contribution in [0, 0.1) is 5.92 Å². The average molecular weight is 390 g/mol. The Kier molecular flexibility index (Phi) is 6.02. The van der Waals surface area contributed by atoms with E-state index in [0.717, 1.165) is 37.3 Å². The fourth-order valence-electron chi connectivity index (χ4n) is 3.82. The predicted octanol–water partition coefficient (Wildman–Crippen LogP) is 0.0141. The van der Waals surface area contributed by atoms with E-state index in [0.29, 0.717) is 36.5 Å². The quantitative estimate of drug-likeness (QED) is 0.694. The van der Waals surface area contributed by atoms with Crippen LogP contribution in [0.1, 0.15) is 26.7 Å². The summed E-state index contributed by atoms with van der Waals surface area (Å²) in [6.45, 7) is 9.44. The molecule has 3 rings (SSSR count). The standard InChI is InChI=1S/C19H30N6O3/c1-14(2)12-23-8-10-24(11-9-23)15(26)6-5-7-25-13-20-17-16(25)18(27)22(4)19(28)21(17)3/h13-14H,5-12H2,1-4H3. The van der Waals surface area contributed by atoms with Gasteiger partial charge >= 0.3 is 5.69 Å². The van der Waals surface area contributed by atoms with Crippen molar-refractivity contribution in [3.05, 3.63) is 27.2 Å². The van der Waals surface area contributed by atoms with E-state index in [1.54, 1.807) is 17.9 Å². The summed E-state index contributed by atoms with van der Waals surface area (Å²) in [4.78, 5) is 45.5. The smallest absolute Gasteiger partial charge is 0.332 e. The molecule has 2 aromatic heterocycles. The molecule has 0 unspecified atom stereocenters. The number of rotatable bonds is 6. The highest BCUT2D eigenvalue weighted by atomic mass is 16.2. The number of imidazole rings is 1. The molecule has 0 N–H and O–H groups in total. The molecule has 0 saturated carbocycles. The van der Waals surface area contributed by atoms with Crippen LogP contribution >= 0.6 is 0 Å². The molecule has 1 fully saturated rings. The lowest BCUT2D eigenvalue weighted by molar-refractivity contribution is -0.133. The number of carbonyl (C=O) groups excluding carboxylic acids is 1. The fraction of sp³-hybridized carbons (Fsp3) is 0.684. The molecule has 154 valence electrons. The van der Waals surface area contributed by atoms with Gasteiger partial charge in [0.1, 0.15) is 0 Å². The van der Waals surface area contributed by atoms with Gasteiger partial charge in [0, 0.05) is 59.8 Å². The summed E-state index contributed by atoms with van der Waals surface area (Å²) in [6, 6.07) is 0. The summed E-state index contributed by atoms with van der Waals surface area (Å²) in [5.41, 5.74) is 0.0257. The van der Waals surface area contributed by atoms with E-state index in [-0.39, 0.29) is 11.5 Å². The molecule has 1 aliphatic heterocycles. The van der Waals surface area contributed by atoms with Crippen LogP contribution in [0.25, 0.3) is 11.2 Å². The van der Waals surface area contributed by atoms with Crippen LogP contribution in [0.3, 0.4) is 0 Å². The number of nitrogens with zero attached hydrogens (tertiary/aromatic N) is 6. The molecule has 9 heteroatoms. The number of carbonyl (C=O) groups is 1. The molecule has 9 nitrogen and oxygen atoms in total. The lowest BCUT2D eigenvalue weighted by atomic mass is 10.2. The Hall–Kier alpha value is -2.42. The Bertz CT molecular complexity index is 962. The number of aryl methyl sites for hydroxylation is 2. The zero-order valence-electron chi connectivity index (χ0n) is 17.2. The first-order valence-corrected chi connectivity index (χ1v) is 9.90. The number of aromatic nitrogens is 4. The van der Waals surface area contributed by atoms with Gasteiger partial charge in [0.25, 0.3) is 5.56 Å². The maximum atomic E-state index is 12.5. The van der Waals surface area contributed by atoms with Gasteiger partial charge in [0.15, 0.2) is 11.2 Å². The zero-order valence-corrected chi connectivity index (χ0v) is 17.2. The van der Waals surface area contributed by atoms with Crippen LogP contribution in [-0.2, 0) is 25.4 Å². The average Bonchev–Trinajstić information content (AvgIpc) is 3.08. The van der Waals surface area contributed by atoms with Gasteiger partial charge in [-0.05, 0) is 12.3 Å². The molecule has 3 heterocycles. The van der Waals surface area contributed by atoms with Crippen LogP contribution in [0.4, 0.5) is 0 Å². The molecule has 0 radical (unpaired) electrons. The summed E-state index contributed by atoms with van der Waals surface area (Å²) >= 11 is 0. The number of hydrogen-bond acceptors (Lipinski definition) is 5. The second kappa shape index (κ2) is 8.30. The first kappa shape index (κ1) is 20.3. The van der Waals surface area contributed by atoms with Gasteiger partial charge < -0.3 is 9.47 Å². The largest absolute Gasteiger partial charge is 0.340 e. The van der Waals surface area contributed by atoms with Crippen LogP contribution in [-0.4, -0.2) is 67.1 Å². The first-order valence-electron chi connectivity index (χ1n) is 9.90. The summed E-state index contributed by atoms with van der Waals surface area (Å²) in [5.74, 6) is 0.799. The summed E-state index contributed by atoms with van der Waals surface area (Å²) in [7, 11) is 3.06. The number of fused-ring (bicyclic) bond motifs is 1. The molecule has 1 amide bonds. The molecule has 0 aromatic carbocycles. The van der Waals surface area contributed by atoms with E-state index in [1.165, 1.54) is 11.6 Å². The maximum absolute atomic E-state index is 12.5. The van der Waals surface area contributed by atoms with Gasteiger partial charge in [-0.1, -0.05) is 13.8 Å². The van der Waals surface area contributed by atoms with E-state index in [9.17, 15) is 14.4 Å². The van der Waals surface area contributed by atoms with Crippen molar-refractivity contribution in [2.75, 3.05) is 32.7 Å². The van der Waals surface area contributed by atoms with Gasteiger partial charge in [0.05, 0.1) is 6.33 Å². The van der Waals surface area contributed by atoms with Gasteiger partial charge in [-0.15, -0.1) is 0 Å². The van der Waals surface area contributed by atoms with E-state index in [2.05, 4.69) is 23.7 Å². The highest BCUT2D eigenvalue weighted by Crippen LogP contribution is 2.10. The Morgan fingerprint density at radius 1 is 1.11 bits per heavy atom. The monoisotopic (exact) mass is 390 g/mol. The minimum absolute atomic E-state index is 0.161.